The van der Waals surface area contributed by atoms with Gasteiger partial charge < -0.3 is 5.32 Å². The van der Waals surface area contributed by atoms with Crippen LogP contribution >= 0.6 is 11.6 Å². The number of aromatic nitrogens is 1. The molecule has 2 aromatic carbocycles. The van der Waals surface area contributed by atoms with Crippen LogP contribution in [0.15, 0.2) is 54.6 Å². The molecule has 0 radical (unpaired) electrons. The van der Waals surface area contributed by atoms with Crippen molar-refractivity contribution in [1.29, 1.82) is 0 Å². The van der Waals surface area contributed by atoms with Gasteiger partial charge in [0.2, 0.25) is 0 Å². The summed E-state index contributed by atoms with van der Waals surface area (Å²) in [5.74, 6) is 0. The zero-order chi connectivity index (χ0) is 14.7. The molecule has 3 heteroatoms. The highest BCUT2D eigenvalue weighted by molar-refractivity contribution is 6.36. The van der Waals surface area contributed by atoms with Gasteiger partial charge in [0.25, 0.3) is 0 Å². The number of rotatable bonds is 4. The van der Waals surface area contributed by atoms with Crippen LogP contribution in [0, 0.1) is 6.92 Å². The van der Waals surface area contributed by atoms with E-state index < -0.39 is 0 Å². The number of hydrogen-bond acceptors (Lipinski definition) is 2. The molecule has 0 aliphatic heterocycles. The molecule has 0 spiro atoms. The van der Waals surface area contributed by atoms with Gasteiger partial charge in [0.1, 0.15) is 0 Å². The Morgan fingerprint density at radius 2 is 1.67 bits per heavy atom. The van der Waals surface area contributed by atoms with E-state index in [1.165, 1.54) is 5.56 Å². The number of aryl methyl sites for hydroxylation is 1. The fourth-order valence-corrected chi connectivity index (χ4v) is 2.82. The zero-order valence-electron chi connectivity index (χ0n) is 11.9. The molecule has 21 heavy (non-hydrogen) atoms. The third-order valence-electron chi connectivity index (χ3n) is 3.60. The van der Waals surface area contributed by atoms with Gasteiger partial charge in [0.05, 0.1) is 10.5 Å². The van der Waals surface area contributed by atoms with Crippen LogP contribution in [-0.2, 0) is 13.1 Å². The van der Waals surface area contributed by atoms with Gasteiger partial charge >= 0.3 is 0 Å². The molecule has 0 atom stereocenters. The maximum atomic E-state index is 6.55. The maximum Gasteiger partial charge on any atom is 0.0720 e. The van der Waals surface area contributed by atoms with Crippen LogP contribution in [-0.4, -0.2) is 4.98 Å². The standard InChI is InChI=1S/C18H17ClN2/c1-13-16(12-20-11-14-7-3-2-4-8-14)18(19)15-9-5-6-10-17(15)21-13/h2-10,20H,11-12H2,1H3. The first-order chi connectivity index (χ1) is 10.3. The van der Waals surface area contributed by atoms with Gasteiger partial charge in [-0.1, -0.05) is 60.1 Å². The molecular formula is C18H17ClN2. The number of para-hydroxylation sites is 1. The molecule has 0 fully saturated rings. The number of pyridine rings is 1. The predicted molar refractivity (Wildman–Crippen MR) is 88.5 cm³/mol. The van der Waals surface area contributed by atoms with Gasteiger partial charge in [-0.05, 0) is 18.6 Å². The highest BCUT2D eigenvalue weighted by Gasteiger charge is 2.10. The van der Waals surface area contributed by atoms with E-state index in [2.05, 4.69) is 22.4 Å². The minimum absolute atomic E-state index is 0.720. The molecule has 106 valence electrons. The molecule has 2 nitrogen and oxygen atoms in total. The lowest BCUT2D eigenvalue weighted by atomic mass is 10.1. The Balaban J connectivity index is 1.80. The van der Waals surface area contributed by atoms with Crippen LogP contribution in [0.3, 0.4) is 0 Å². The number of halogens is 1. The molecule has 0 aliphatic carbocycles. The van der Waals surface area contributed by atoms with Gasteiger partial charge in [-0.2, -0.15) is 0 Å². The summed E-state index contributed by atoms with van der Waals surface area (Å²) in [5.41, 5.74) is 4.28. The summed E-state index contributed by atoms with van der Waals surface area (Å²) in [6.07, 6.45) is 0. The lowest BCUT2D eigenvalue weighted by Gasteiger charge is -2.12. The molecular weight excluding hydrogens is 280 g/mol. The summed E-state index contributed by atoms with van der Waals surface area (Å²) in [6.45, 7) is 3.55. The summed E-state index contributed by atoms with van der Waals surface area (Å²) >= 11 is 6.55. The first-order valence-electron chi connectivity index (χ1n) is 7.04. The van der Waals surface area contributed by atoms with Gasteiger partial charge in [-0.25, -0.2) is 0 Å². The zero-order valence-corrected chi connectivity index (χ0v) is 12.7. The minimum atomic E-state index is 0.720. The van der Waals surface area contributed by atoms with Crippen LogP contribution in [0.25, 0.3) is 10.9 Å². The van der Waals surface area contributed by atoms with Crippen molar-refractivity contribution in [3.63, 3.8) is 0 Å². The third-order valence-corrected chi connectivity index (χ3v) is 4.04. The number of nitrogens with one attached hydrogen (secondary N) is 1. The van der Waals surface area contributed by atoms with Crippen molar-refractivity contribution in [2.75, 3.05) is 0 Å². The molecule has 3 rings (SSSR count). The van der Waals surface area contributed by atoms with Crippen molar-refractivity contribution in [1.82, 2.24) is 10.3 Å². The summed E-state index contributed by atoms with van der Waals surface area (Å²) in [5, 5.41) is 5.26. The van der Waals surface area contributed by atoms with Crippen LogP contribution < -0.4 is 5.32 Å². The third kappa shape index (κ3) is 3.07. The quantitative estimate of drug-likeness (QED) is 0.767. The Hall–Kier alpha value is -1.90. The van der Waals surface area contributed by atoms with Crippen LogP contribution in [0.2, 0.25) is 5.02 Å². The number of benzene rings is 2. The van der Waals surface area contributed by atoms with E-state index in [-0.39, 0.29) is 0 Å². The summed E-state index contributed by atoms with van der Waals surface area (Å²) in [6, 6.07) is 18.3. The topological polar surface area (TPSA) is 24.9 Å². The minimum Gasteiger partial charge on any atom is -0.308 e. The van der Waals surface area contributed by atoms with Gasteiger partial charge in [0, 0.05) is 29.7 Å². The molecule has 0 saturated heterocycles. The molecule has 1 aromatic heterocycles. The number of nitrogens with zero attached hydrogens (tertiary/aromatic N) is 1. The monoisotopic (exact) mass is 296 g/mol. The van der Waals surface area contributed by atoms with Gasteiger partial charge in [0.15, 0.2) is 0 Å². The van der Waals surface area contributed by atoms with Crippen molar-refractivity contribution in [3.05, 3.63) is 76.4 Å². The largest absolute Gasteiger partial charge is 0.308 e. The highest BCUT2D eigenvalue weighted by atomic mass is 35.5. The smallest absolute Gasteiger partial charge is 0.0720 e. The lowest BCUT2D eigenvalue weighted by molar-refractivity contribution is 0.689. The van der Waals surface area contributed by atoms with Crippen LogP contribution in [0.1, 0.15) is 16.8 Å². The Morgan fingerprint density at radius 3 is 2.48 bits per heavy atom. The Bertz CT molecular complexity index is 754. The molecule has 1 N–H and O–H groups in total. The first-order valence-corrected chi connectivity index (χ1v) is 7.42. The molecule has 0 amide bonds. The Labute approximate surface area is 129 Å². The average Bonchev–Trinajstić information content (AvgIpc) is 2.51. The lowest BCUT2D eigenvalue weighted by Crippen LogP contribution is -2.14. The number of hydrogen-bond donors (Lipinski definition) is 1. The normalized spacial score (nSPS) is 11.0. The predicted octanol–water partition coefficient (Wildman–Crippen LogP) is 4.49. The molecule has 3 aromatic rings. The molecule has 1 heterocycles. The average molecular weight is 297 g/mol. The summed E-state index contributed by atoms with van der Waals surface area (Å²) in [7, 11) is 0. The van der Waals surface area contributed by atoms with Crippen molar-refractivity contribution in [2.24, 2.45) is 0 Å². The van der Waals surface area contributed by atoms with E-state index in [9.17, 15) is 0 Å². The SMILES string of the molecule is Cc1nc2ccccc2c(Cl)c1CNCc1ccccc1. The van der Waals surface area contributed by atoms with E-state index in [1.54, 1.807) is 0 Å². The summed E-state index contributed by atoms with van der Waals surface area (Å²) < 4.78 is 0. The van der Waals surface area contributed by atoms with E-state index in [0.717, 1.165) is 40.3 Å². The van der Waals surface area contributed by atoms with Crippen molar-refractivity contribution in [2.45, 2.75) is 20.0 Å². The fraction of sp³-hybridized carbons (Fsp3) is 0.167. The Kier molecular flexibility index (Phi) is 4.18. The van der Waals surface area contributed by atoms with Crippen molar-refractivity contribution >= 4 is 22.5 Å². The van der Waals surface area contributed by atoms with Gasteiger partial charge in [-0.15, -0.1) is 0 Å². The summed E-state index contributed by atoms with van der Waals surface area (Å²) in [4.78, 5) is 4.64. The highest BCUT2D eigenvalue weighted by Crippen LogP contribution is 2.27. The number of fused-ring (bicyclic) bond motifs is 1. The van der Waals surface area contributed by atoms with Crippen molar-refractivity contribution < 1.29 is 0 Å². The first kappa shape index (κ1) is 14.1. The van der Waals surface area contributed by atoms with Gasteiger partial charge in [-0.3, -0.25) is 4.98 Å². The van der Waals surface area contributed by atoms with E-state index in [0.29, 0.717) is 0 Å². The molecule has 0 aliphatic rings. The molecule has 0 unspecified atom stereocenters. The Morgan fingerprint density at radius 1 is 0.952 bits per heavy atom. The second kappa shape index (κ2) is 6.25. The van der Waals surface area contributed by atoms with E-state index in [4.69, 9.17) is 11.6 Å². The van der Waals surface area contributed by atoms with Crippen molar-refractivity contribution in [3.8, 4) is 0 Å². The second-order valence-electron chi connectivity index (χ2n) is 5.10. The molecule has 0 bridgehead atoms. The van der Waals surface area contributed by atoms with Crippen LogP contribution in [0.4, 0.5) is 0 Å². The second-order valence-corrected chi connectivity index (χ2v) is 5.47. The fourth-order valence-electron chi connectivity index (χ4n) is 2.46. The molecule has 0 saturated carbocycles. The maximum absolute atomic E-state index is 6.55. The van der Waals surface area contributed by atoms with E-state index >= 15 is 0 Å². The van der Waals surface area contributed by atoms with Crippen LogP contribution in [0.5, 0.6) is 0 Å². The van der Waals surface area contributed by atoms with E-state index in [1.807, 2.05) is 49.4 Å².